The summed E-state index contributed by atoms with van der Waals surface area (Å²) in [6.45, 7) is 5.70. The molecule has 7 nitrogen and oxygen atoms in total. The van der Waals surface area contributed by atoms with Crippen LogP contribution >= 0.6 is 0 Å². The fraction of sp³-hybridized carbons (Fsp3) is 0.538. The minimum atomic E-state index is -0.613. The lowest BCUT2D eigenvalue weighted by atomic mass is 9.91. The van der Waals surface area contributed by atoms with Crippen molar-refractivity contribution in [2.45, 2.75) is 20.3 Å². The van der Waals surface area contributed by atoms with Crippen LogP contribution in [0.2, 0.25) is 0 Å². The maximum absolute atomic E-state index is 11.2. The van der Waals surface area contributed by atoms with E-state index in [0.717, 1.165) is 25.6 Å². The van der Waals surface area contributed by atoms with Crippen LogP contribution in [0.25, 0.3) is 0 Å². The Balaban J connectivity index is 2.40. The summed E-state index contributed by atoms with van der Waals surface area (Å²) < 4.78 is 0. The smallest absolute Gasteiger partial charge is 0.299 e. The number of hydrogen-bond acceptors (Lipinski definition) is 5. The molecule has 1 aliphatic heterocycles. The van der Waals surface area contributed by atoms with Crippen LogP contribution in [0, 0.1) is 32.1 Å². The predicted octanol–water partition coefficient (Wildman–Crippen LogP) is 2.99. The standard InChI is InChI=1S/C13H17N3O4/c1-9-5-10(2)8-14(7-9)12-4-3-11(15(17)18)6-13(12)16(19)20/h3-4,6,9-10H,5,7-8H2,1-2H3/t9-,10+. The molecule has 1 aliphatic rings. The summed E-state index contributed by atoms with van der Waals surface area (Å²) in [5, 5.41) is 21.9. The Morgan fingerprint density at radius 2 is 1.70 bits per heavy atom. The van der Waals surface area contributed by atoms with Gasteiger partial charge in [-0.25, -0.2) is 0 Å². The second-order valence-electron chi connectivity index (χ2n) is 5.54. The van der Waals surface area contributed by atoms with Crippen molar-refractivity contribution in [3.05, 3.63) is 38.4 Å². The molecule has 1 fully saturated rings. The summed E-state index contributed by atoms with van der Waals surface area (Å²) in [6, 6.07) is 3.85. The molecule has 2 atom stereocenters. The third-order valence-corrected chi connectivity index (χ3v) is 3.58. The molecule has 0 radical (unpaired) electrons. The topological polar surface area (TPSA) is 89.5 Å². The Kier molecular flexibility index (Phi) is 3.87. The van der Waals surface area contributed by atoms with Gasteiger partial charge in [0.25, 0.3) is 11.4 Å². The molecule has 1 heterocycles. The van der Waals surface area contributed by atoms with E-state index in [-0.39, 0.29) is 11.4 Å². The molecule has 108 valence electrons. The maximum atomic E-state index is 11.2. The Hall–Kier alpha value is -2.18. The summed E-state index contributed by atoms with van der Waals surface area (Å²) in [4.78, 5) is 22.7. The average Bonchev–Trinajstić information content (AvgIpc) is 2.36. The number of hydrogen-bond donors (Lipinski definition) is 0. The molecule has 0 amide bonds. The molecular weight excluding hydrogens is 262 g/mol. The van der Waals surface area contributed by atoms with E-state index in [1.807, 2.05) is 4.90 Å². The van der Waals surface area contributed by atoms with Crippen molar-refractivity contribution in [3.63, 3.8) is 0 Å². The number of anilines is 1. The highest BCUT2D eigenvalue weighted by Crippen LogP contribution is 2.35. The summed E-state index contributed by atoms with van der Waals surface area (Å²) in [7, 11) is 0. The second kappa shape index (κ2) is 5.44. The number of nitro benzene ring substituents is 2. The quantitative estimate of drug-likeness (QED) is 0.626. The predicted molar refractivity (Wildman–Crippen MR) is 74.9 cm³/mol. The SMILES string of the molecule is C[C@@H]1C[C@H](C)CN(c2ccc([N+](=O)[O-])cc2[N+](=O)[O-])C1. The van der Waals surface area contributed by atoms with Gasteiger partial charge in [-0.1, -0.05) is 13.8 Å². The van der Waals surface area contributed by atoms with Gasteiger partial charge in [-0.15, -0.1) is 0 Å². The van der Waals surface area contributed by atoms with Crippen molar-refractivity contribution in [1.29, 1.82) is 0 Å². The average molecular weight is 279 g/mol. The van der Waals surface area contributed by atoms with Crippen molar-refractivity contribution >= 4 is 17.1 Å². The van der Waals surface area contributed by atoms with E-state index >= 15 is 0 Å². The van der Waals surface area contributed by atoms with Crippen molar-refractivity contribution < 1.29 is 9.85 Å². The molecule has 7 heteroatoms. The first kappa shape index (κ1) is 14.2. The summed E-state index contributed by atoms with van der Waals surface area (Å²) in [5.74, 6) is 0.905. The van der Waals surface area contributed by atoms with E-state index in [1.54, 1.807) is 0 Å². The van der Waals surface area contributed by atoms with Crippen molar-refractivity contribution in [2.24, 2.45) is 11.8 Å². The van der Waals surface area contributed by atoms with Crippen LogP contribution in [0.1, 0.15) is 20.3 Å². The fourth-order valence-corrected chi connectivity index (χ4v) is 2.90. The molecule has 0 aromatic heterocycles. The van der Waals surface area contributed by atoms with E-state index in [0.29, 0.717) is 17.5 Å². The third-order valence-electron chi connectivity index (χ3n) is 3.58. The molecule has 0 saturated carbocycles. The molecule has 0 unspecified atom stereocenters. The van der Waals surface area contributed by atoms with Crippen LogP contribution in [-0.2, 0) is 0 Å². The summed E-state index contributed by atoms with van der Waals surface area (Å²) in [5.41, 5.74) is 0.0260. The van der Waals surface area contributed by atoms with Gasteiger partial charge in [0.15, 0.2) is 0 Å². The second-order valence-corrected chi connectivity index (χ2v) is 5.54. The molecule has 0 aliphatic carbocycles. The molecule has 20 heavy (non-hydrogen) atoms. The monoisotopic (exact) mass is 279 g/mol. The van der Waals surface area contributed by atoms with Gasteiger partial charge in [-0.05, 0) is 24.3 Å². The number of rotatable bonds is 3. The first-order chi connectivity index (χ1) is 9.38. The normalized spacial score (nSPS) is 22.6. The van der Waals surface area contributed by atoms with Crippen LogP contribution in [-0.4, -0.2) is 22.9 Å². The maximum Gasteiger partial charge on any atom is 0.299 e. The minimum absolute atomic E-state index is 0.194. The fourth-order valence-electron chi connectivity index (χ4n) is 2.90. The largest absolute Gasteiger partial charge is 0.365 e. The van der Waals surface area contributed by atoms with Gasteiger partial charge in [0.05, 0.1) is 15.9 Å². The summed E-state index contributed by atoms with van der Waals surface area (Å²) >= 11 is 0. The van der Waals surface area contributed by atoms with Crippen LogP contribution in [0.5, 0.6) is 0 Å². The lowest BCUT2D eigenvalue weighted by molar-refractivity contribution is -0.393. The molecule has 1 aromatic rings. The van der Waals surface area contributed by atoms with Crippen LogP contribution < -0.4 is 4.90 Å². The highest BCUT2D eigenvalue weighted by Gasteiger charge is 2.28. The zero-order valence-corrected chi connectivity index (χ0v) is 11.5. The summed E-state index contributed by atoms with van der Waals surface area (Å²) in [6.07, 6.45) is 1.09. The van der Waals surface area contributed by atoms with Gasteiger partial charge in [0, 0.05) is 19.2 Å². The van der Waals surface area contributed by atoms with Crippen molar-refractivity contribution in [3.8, 4) is 0 Å². The first-order valence-electron chi connectivity index (χ1n) is 6.56. The number of nitrogens with zero attached hydrogens (tertiary/aromatic N) is 3. The molecule has 2 rings (SSSR count). The lowest BCUT2D eigenvalue weighted by Crippen LogP contribution is -2.39. The lowest BCUT2D eigenvalue weighted by Gasteiger charge is -2.36. The van der Waals surface area contributed by atoms with Gasteiger partial charge in [0.1, 0.15) is 5.69 Å². The Labute approximate surface area is 116 Å². The van der Waals surface area contributed by atoms with Gasteiger partial charge in [-0.3, -0.25) is 20.2 Å². The van der Waals surface area contributed by atoms with E-state index in [4.69, 9.17) is 0 Å². The molecule has 0 bridgehead atoms. The van der Waals surface area contributed by atoms with E-state index in [2.05, 4.69) is 13.8 Å². The van der Waals surface area contributed by atoms with E-state index in [1.165, 1.54) is 12.1 Å². The Bertz CT molecular complexity index is 536. The molecular formula is C13H17N3O4. The molecule has 1 saturated heterocycles. The highest BCUT2D eigenvalue weighted by atomic mass is 16.6. The molecule has 0 spiro atoms. The Morgan fingerprint density at radius 3 is 2.20 bits per heavy atom. The number of non-ortho nitro benzene ring substituents is 1. The third kappa shape index (κ3) is 2.87. The van der Waals surface area contributed by atoms with Crippen molar-refractivity contribution in [1.82, 2.24) is 0 Å². The first-order valence-corrected chi connectivity index (χ1v) is 6.56. The van der Waals surface area contributed by atoms with Crippen LogP contribution in [0.4, 0.5) is 17.1 Å². The van der Waals surface area contributed by atoms with Gasteiger partial charge < -0.3 is 4.90 Å². The molecule has 1 aromatic carbocycles. The van der Waals surface area contributed by atoms with Crippen molar-refractivity contribution in [2.75, 3.05) is 18.0 Å². The molecule has 0 N–H and O–H groups in total. The highest BCUT2D eigenvalue weighted by molar-refractivity contribution is 5.67. The van der Waals surface area contributed by atoms with Crippen LogP contribution in [0.3, 0.4) is 0 Å². The Morgan fingerprint density at radius 1 is 1.10 bits per heavy atom. The number of piperidine rings is 1. The zero-order chi connectivity index (χ0) is 14.9. The van der Waals surface area contributed by atoms with Gasteiger partial charge >= 0.3 is 0 Å². The van der Waals surface area contributed by atoms with E-state index < -0.39 is 9.85 Å². The zero-order valence-electron chi connectivity index (χ0n) is 11.5. The van der Waals surface area contributed by atoms with E-state index in [9.17, 15) is 20.2 Å². The van der Waals surface area contributed by atoms with Crippen LogP contribution in [0.15, 0.2) is 18.2 Å². The number of benzene rings is 1. The number of nitro groups is 2. The van der Waals surface area contributed by atoms with Gasteiger partial charge in [0.2, 0.25) is 0 Å². The van der Waals surface area contributed by atoms with Gasteiger partial charge in [-0.2, -0.15) is 0 Å². The minimum Gasteiger partial charge on any atom is -0.365 e.